The van der Waals surface area contributed by atoms with Crippen LogP contribution in [0.2, 0.25) is 0 Å². The minimum Gasteiger partial charge on any atom is -0.350 e. The number of allylic oxidation sites excluding steroid dienone is 1. The molecule has 0 unspecified atom stereocenters. The van der Waals surface area contributed by atoms with Gasteiger partial charge in [-0.25, -0.2) is 0 Å². The molecule has 0 aliphatic rings. The van der Waals surface area contributed by atoms with Crippen molar-refractivity contribution in [3.05, 3.63) is 85.8 Å². The molecule has 2 aromatic carbocycles. The molecule has 0 atom stereocenters. The van der Waals surface area contributed by atoms with Crippen molar-refractivity contribution in [2.24, 2.45) is 0 Å². The van der Waals surface area contributed by atoms with Gasteiger partial charge in [0.1, 0.15) is 0 Å². The van der Waals surface area contributed by atoms with Crippen LogP contribution in [0.1, 0.15) is 16.7 Å². The van der Waals surface area contributed by atoms with Crippen molar-refractivity contribution in [1.29, 1.82) is 0 Å². The predicted molar refractivity (Wildman–Crippen MR) is 108 cm³/mol. The molecule has 2 rings (SSSR count). The number of hydrogen-bond donors (Lipinski definition) is 1. The minimum atomic E-state index is 0.929. The second kappa shape index (κ2) is 8.44. The number of thioether (sulfide) groups is 1. The summed E-state index contributed by atoms with van der Waals surface area (Å²) in [7, 11) is 0. The van der Waals surface area contributed by atoms with Crippen molar-refractivity contribution in [1.82, 2.24) is 0 Å². The lowest BCUT2D eigenvalue weighted by atomic mass is 10.0. The highest BCUT2D eigenvalue weighted by Crippen LogP contribution is 2.21. The lowest BCUT2D eigenvalue weighted by Gasteiger charge is -2.07. The summed E-state index contributed by atoms with van der Waals surface area (Å²) in [5.41, 5.74) is 5.15. The molecular weight excluding hydrogens is 401 g/mol. The summed E-state index contributed by atoms with van der Waals surface area (Å²) in [6, 6.07) is 14.6. The summed E-state index contributed by atoms with van der Waals surface area (Å²) in [5.74, 6) is 0. The Morgan fingerprint density at radius 3 is 2.64 bits per heavy atom. The normalized spacial score (nSPS) is 10.9. The van der Waals surface area contributed by atoms with Gasteiger partial charge in [-0.2, -0.15) is 0 Å². The molecular formula is C19H20INS. The van der Waals surface area contributed by atoms with Crippen LogP contribution >= 0.6 is 34.4 Å². The number of aryl methyl sites for hydroxylation is 2. The fourth-order valence-corrected chi connectivity index (χ4v) is 3.23. The van der Waals surface area contributed by atoms with Crippen LogP contribution in [-0.4, -0.2) is 0 Å². The zero-order valence-corrected chi connectivity index (χ0v) is 15.9. The molecule has 1 nitrogen and oxygen atoms in total. The molecule has 0 spiro atoms. The van der Waals surface area contributed by atoms with Gasteiger partial charge in [0.05, 0.1) is 5.03 Å². The number of hydrogen-bond acceptors (Lipinski definition) is 2. The Hall–Kier alpha value is -1.20. The highest BCUT2D eigenvalue weighted by Gasteiger charge is 2.01. The van der Waals surface area contributed by atoms with Gasteiger partial charge in [-0.3, -0.25) is 0 Å². The van der Waals surface area contributed by atoms with Crippen molar-refractivity contribution in [3.63, 3.8) is 0 Å². The Balaban J connectivity index is 1.86. The van der Waals surface area contributed by atoms with Crippen LogP contribution in [0.4, 0.5) is 5.69 Å². The first-order valence-electron chi connectivity index (χ1n) is 7.14. The van der Waals surface area contributed by atoms with Gasteiger partial charge >= 0.3 is 0 Å². The zero-order valence-electron chi connectivity index (χ0n) is 12.9. The van der Waals surface area contributed by atoms with E-state index < -0.39 is 0 Å². The van der Waals surface area contributed by atoms with E-state index in [1.54, 1.807) is 11.8 Å². The van der Waals surface area contributed by atoms with E-state index in [4.69, 9.17) is 0 Å². The van der Waals surface area contributed by atoms with Crippen molar-refractivity contribution < 1.29 is 0 Å². The maximum atomic E-state index is 4.04. The van der Waals surface area contributed by atoms with E-state index in [-0.39, 0.29) is 0 Å². The molecule has 0 radical (unpaired) electrons. The van der Waals surface area contributed by atoms with E-state index in [2.05, 4.69) is 72.0 Å². The number of rotatable bonds is 6. The molecule has 0 aliphatic carbocycles. The van der Waals surface area contributed by atoms with Gasteiger partial charge in [0.25, 0.3) is 0 Å². The number of halogens is 1. The highest BCUT2D eigenvalue weighted by molar-refractivity contribution is 14.1. The van der Waals surface area contributed by atoms with Crippen LogP contribution in [0.15, 0.2) is 65.6 Å². The molecule has 0 aliphatic heterocycles. The lowest BCUT2D eigenvalue weighted by Crippen LogP contribution is -1.93. The first-order chi connectivity index (χ1) is 10.6. The molecule has 0 saturated heterocycles. The number of benzene rings is 2. The lowest BCUT2D eigenvalue weighted by molar-refractivity contribution is 1.19. The van der Waals surface area contributed by atoms with E-state index in [1.165, 1.54) is 20.3 Å². The third kappa shape index (κ3) is 5.21. The van der Waals surface area contributed by atoms with Crippen LogP contribution in [0.5, 0.6) is 0 Å². The fourth-order valence-electron chi connectivity index (χ4n) is 2.08. The van der Waals surface area contributed by atoms with Crippen molar-refractivity contribution in [3.8, 4) is 0 Å². The minimum absolute atomic E-state index is 0.929. The number of nitrogens with one attached hydrogen (secondary N) is 1. The third-order valence-electron chi connectivity index (χ3n) is 3.32. The van der Waals surface area contributed by atoms with Gasteiger partial charge in [0.2, 0.25) is 0 Å². The largest absolute Gasteiger partial charge is 0.350 e. The predicted octanol–water partition coefficient (Wildman–Crippen LogP) is 6.28. The monoisotopic (exact) mass is 421 g/mol. The fraction of sp³-hybridized carbons (Fsp3) is 0.158. The Labute approximate surface area is 151 Å². The van der Waals surface area contributed by atoms with Crippen LogP contribution in [0.3, 0.4) is 0 Å². The third-order valence-corrected chi connectivity index (χ3v) is 5.20. The summed E-state index contributed by atoms with van der Waals surface area (Å²) in [5, 5.41) is 6.32. The molecule has 114 valence electrons. The molecule has 1 N–H and O–H groups in total. The van der Waals surface area contributed by atoms with E-state index in [0.29, 0.717) is 0 Å². The van der Waals surface area contributed by atoms with Gasteiger partial charge < -0.3 is 5.32 Å². The van der Waals surface area contributed by atoms with Gasteiger partial charge in [-0.1, -0.05) is 48.7 Å². The first kappa shape index (κ1) is 17.2. The topological polar surface area (TPSA) is 12.0 Å². The Morgan fingerprint density at radius 1 is 1.18 bits per heavy atom. The Bertz CT molecular complexity index is 677. The summed E-state index contributed by atoms with van der Waals surface area (Å²) >= 11 is 4.00. The SMILES string of the molecule is C=C(Nc1ccccc1)S/C=C/Cc1cc(C)c(I)cc1C. The van der Waals surface area contributed by atoms with Gasteiger partial charge in [-0.05, 0) is 83.2 Å². The quantitative estimate of drug-likeness (QED) is 0.551. The Morgan fingerprint density at radius 2 is 1.91 bits per heavy atom. The highest BCUT2D eigenvalue weighted by atomic mass is 127. The smallest absolute Gasteiger partial charge is 0.0694 e. The second-order valence-electron chi connectivity index (χ2n) is 5.14. The average molecular weight is 421 g/mol. The maximum absolute atomic E-state index is 4.04. The van der Waals surface area contributed by atoms with Crippen molar-refractivity contribution in [2.45, 2.75) is 20.3 Å². The maximum Gasteiger partial charge on any atom is 0.0694 e. The Kier molecular flexibility index (Phi) is 6.58. The van der Waals surface area contributed by atoms with Crippen molar-refractivity contribution in [2.75, 3.05) is 5.32 Å². The molecule has 0 aromatic heterocycles. The molecule has 0 amide bonds. The molecule has 0 fully saturated rings. The van der Waals surface area contributed by atoms with E-state index in [1.807, 2.05) is 30.3 Å². The first-order valence-corrected chi connectivity index (χ1v) is 9.10. The molecule has 0 heterocycles. The van der Waals surface area contributed by atoms with Crippen molar-refractivity contribution >= 4 is 40.0 Å². The summed E-state index contributed by atoms with van der Waals surface area (Å²) in [4.78, 5) is 0. The standard InChI is InChI=1S/C19H20INS/c1-14-13-19(20)15(2)12-17(14)8-7-11-22-16(3)21-18-9-5-4-6-10-18/h4-7,9-13,21H,3,8H2,1-2H3/b11-7+. The van der Waals surface area contributed by atoms with E-state index >= 15 is 0 Å². The van der Waals surface area contributed by atoms with Crippen LogP contribution < -0.4 is 5.32 Å². The summed E-state index contributed by atoms with van der Waals surface area (Å²) in [6.45, 7) is 8.37. The van der Waals surface area contributed by atoms with E-state index in [9.17, 15) is 0 Å². The van der Waals surface area contributed by atoms with Gasteiger partial charge in [0, 0.05) is 9.26 Å². The molecule has 0 saturated carbocycles. The van der Waals surface area contributed by atoms with Crippen LogP contribution in [0.25, 0.3) is 0 Å². The molecule has 2 aromatic rings. The average Bonchev–Trinajstić information content (AvgIpc) is 2.49. The molecule has 0 bridgehead atoms. The summed E-state index contributed by atoms with van der Waals surface area (Å²) < 4.78 is 1.33. The number of anilines is 1. The van der Waals surface area contributed by atoms with Crippen LogP contribution in [-0.2, 0) is 6.42 Å². The zero-order chi connectivity index (χ0) is 15.9. The van der Waals surface area contributed by atoms with Crippen LogP contribution in [0, 0.1) is 17.4 Å². The second-order valence-corrected chi connectivity index (χ2v) is 7.30. The molecule has 22 heavy (non-hydrogen) atoms. The van der Waals surface area contributed by atoms with Gasteiger partial charge in [-0.15, -0.1) is 0 Å². The summed E-state index contributed by atoms with van der Waals surface area (Å²) in [6.07, 6.45) is 3.15. The van der Waals surface area contributed by atoms with Gasteiger partial charge in [0.15, 0.2) is 0 Å². The number of para-hydroxylation sites is 1. The van der Waals surface area contributed by atoms with E-state index in [0.717, 1.165) is 17.1 Å². The molecule has 3 heteroatoms.